The highest BCUT2D eigenvalue weighted by molar-refractivity contribution is 5.83. The van der Waals surface area contributed by atoms with Crippen molar-refractivity contribution in [3.05, 3.63) is 71.4 Å². The second-order valence-electron chi connectivity index (χ2n) is 6.16. The number of para-hydroxylation sites is 1. The van der Waals surface area contributed by atoms with Gasteiger partial charge in [0.05, 0.1) is 17.7 Å². The van der Waals surface area contributed by atoms with E-state index < -0.39 is 6.10 Å². The second kappa shape index (κ2) is 6.57. The normalized spacial score (nSPS) is 14.1. The molecule has 0 fully saturated rings. The predicted molar refractivity (Wildman–Crippen MR) is 95.9 cm³/mol. The van der Waals surface area contributed by atoms with Crippen LogP contribution in [0.25, 0.3) is 10.9 Å². The third-order valence-electron chi connectivity index (χ3n) is 4.53. The van der Waals surface area contributed by atoms with Gasteiger partial charge in [-0.15, -0.1) is 0 Å². The summed E-state index contributed by atoms with van der Waals surface area (Å²) in [6.45, 7) is 4.77. The van der Waals surface area contributed by atoms with E-state index in [2.05, 4.69) is 66.3 Å². The van der Waals surface area contributed by atoms with Crippen LogP contribution in [0.3, 0.4) is 0 Å². The molecule has 0 spiro atoms. The minimum Gasteiger partial charge on any atom is -0.389 e. The highest BCUT2D eigenvalue weighted by Crippen LogP contribution is 2.31. The Morgan fingerprint density at radius 1 is 1.00 bits per heavy atom. The molecule has 0 saturated carbocycles. The molecule has 3 heteroatoms. The molecule has 0 bridgehead atoms. The van der Waals surface area contributed by atoms with Crippen molar-refractivity contribution in [3.63, 3.8) is 0 Å². The monoisotopic (exact) mass is 308 g/mol. The van der Waals surface area contributed by atoms with Crippen LogP contribution in [0.5, 0.6) is 0 Å². The van der Waals surface area contributed by atoms with Crippen LogP contribution in [0.1, 0.15) is 22.7 Å². The first-order valence-electron chi connectivity index (χ1n) is 8.08. The van der Waals surface area contributed by atoms with Crippen LogP contribution in [0.15, 0.2) is 54.7 Å². The van der Waals surface area contributed by atoms with Gasteiger partial charge < -0.3 is 15.0 Å². The molecule has 3 rings (SSSR count). The van der Waals surface area contributed by atoms with E-state index in [-0.39, 0.29) is 6.04 Å². The smallest absolute Gasteiger partial charge is 0.0912 e. The zero-order valence-electron chi connectivity index (χ0n) is 14.0. The molecule has 1 aromatic heterocycles. The minimum atomic E-state index is -0.503. The fourth-order valence-electron chi connectivity index (χ4n) is 3.42. The number of nitrogens with one attached hydrogen (secondary N) is 1. The van der Waals surface area contributed by atoms with Crippen molar-refractivity contribution in [2.45, 2.75) is 26.0 Å². The molecular formula is C20H24N2O. The molecule has 1 heterocycles. The molecule has 0 amide bonds. The second-order valence-corrected chi connectivity index (χ2v) is 6.16. The fourth-order valence-corrected chi connectivity index (χ4v) is 3.42. The Hall–Kier alpha value is -2.10. The summed E-state index contributed by atoms with van der Waals surface area (Å²) in [4.78, 5) is 0. The Labute approximate surface area is 137 Å². The van der Waals surface area contributed by atoms with E-state index in [9.17, 15) is 5.11 Å². The van der Waals surface area contributed by atoms with Crippen LogP contribution in [0, 0.1) is 13.8 Å². The summed E-state index contributed by atoms with van der Waals surface area (Å²) in [6.07, 6.45) is 1.59. The van der Waals surface area contributed by atoms with Gasteiger partial charge in [-0.2, -0.15) is 0 Å². The van der Waals surface area contributed by atoms with Crippen molar-refractivity contribution in [2.75, 3.05) is 13.6 Å². The molecule has 0 aliphatic carbocycles. The molecule has 0 radical (unpaired) electrons. The van der Waals surface area contributed by atoms with Crippen LogP contribution in [0.2, 0.25) is 0 Å². The maximum absolute atomic E-state index is 10.8. The Balaban J connectivity index is 2.20. The van der Waals surface area contributed by atoms with Gasteiger partial charge >= 0.3 is 0 Å². The van der Waals surface area contributed by atoms with Gasteiger partial charge in [-0.05, 0) is 49.0 Å². The molecule has 0 aliphatic heterocycles. The molecule has 0 saturated heterocycles. The highest BCUT2D eigenvalue weighted by atomic mass is 16.3. The van der Waals surface area contributed by atoms with E-state index in [1.54, 1.807) is 0 Å². The van der Waals surface area contributed by atoms with Crippen LogP contribution >= 0.6 is 0 Å². The number of fused-ring (bicyclic) bond motifs is 1. The van der Waals surface area contributed by atoms with E-state index in [1.807, 2.05) is 19.2 Å². The summed E-state index contributed by atoms with van der Waals surface area (Å²) in [7, 11) is 1.87. The summed E-state index contributed by atoms with van der Waals surface area (Å²) in [6, 6.07) is 16.6. The first-order chi connectivity index (χ1) is 11.1. The first kappa shape index (κ1) is 15.8. The number of aryl methyl sites for hydroxylation is 2. The number of rotatable bonds is 5. The molecule has 2 N–H and O–H groups in total. The number of aliphatic hydroxyl groups excluding tert-OH is 1. The van der Waals surface area contributed by atoms with Gasteiger partial charge in [-0.3, -0.25) is 0 Å². The molecule has 3 aromatic rings. The number of hydrogen-bond acceptors (Lipinski definition) is 2. The van der Waals surface area contributed by atoms with Crippen molar-refractivity contribution in [3.8, 4) is 0 Å². The van der Waals surface area contributed by atoms with Crippen LogP contribution in [0.4, 0.5) is 0 Å². The number of hydrogen-bond donors (Lipinski definition) is 2. The SMILES string of the molecule is CNC[C@@H](O)[C@H](c1ccccc1C)n1ccc2cccc(C)c21. The van der Waals surface area contributed by atoms with Gasteiger partial charge in [0.1, 0.15) is 0 Å². The summed E-state index contributed by atoms with van der Waals surface area (Å²) in [5.41, 5.74) is 4.78. The number of aliphatic hydroxyl groups is 1. The van der Waals surface area contributed by atoms with Crippen molar-refractivity contribution < 1.29 is 5.11 Å². The zero-order valence-corrected chi connectivity index (χ0v) is 14.0. The van der Waals surface area contributed by atoms with E-state index in [0.717, 1.165) is 5.56 Å². The van der Waals surface area contributed by atoms with Gasteiger partial charge in [-0.1, -0.05) is 42.5 Å². The number of likely N-dealkylation sites (N-methyl/N-ethyl adjacent to an activating group) is 1. The molecule has 2 atom stereocenters. The van der Waals surface area contributed by atoms with Gasteiger partial charge in [0.25, 0.3) is 0 Å². The van der Waals surface area contributed by atoms with Crippen molar-refractivity contribution in [1.82, 2.24) is 9.88 Å². The molecule has 23 heavy (non-hydrogen) atoms. The lowest BCUT2D eigenvalue weighted by Crippen LogP contribution is -2.33. The lowest BCUT2D eigenvalue weighted by Gasteiger charge is -2.28. The first-order valence-corrected chi connectivity index (χ1v) is 8.08. The summed E-state index contributed by atoms with van der Waals surface area (Å²) < 4.78 is 2.22. The third-order valence-corrected chi connectivity index (χ3v) is 4.53. The predicted octanol–water partition coefficient (Wildman–Crippen LogP) is 3.43. The van der Waals surface area contributed by atoms with Crippen LogP contribution in [-0.4, -0.2) is 29.4 Å². The standard InChI is InChI=1S/C20H24N2O/c1-14-7-4-5-10-17(14)20(18(23)13-21-3)22-12-11-16-9-6-8-15(2)19(16)22/h4-12,18,20-21,23H,13H2,1-3H3/t18-,20+/m1/s1. The fraction of sp³-hybridized carbons (Fsp3) is 0.300. The quantitative estimate of drug-likeness (QED) is 0.758. The number of benzene rings is 2. The molecule has 2 aromatic carbocycles. The van der Waals surface area contributed by atoms with Gasteiger partial charge in [0.15, 0.2) is 0 Å². The van der Waals surface area contributed by atoms with Crippen molar-refractivity contribution in [2.24, 2.45) is 0 Å². The highest BCUT2D eigenvalue weighted by Gasteiger charge is 2.25. The summed E-state index contributed by atoms with van der Waals surface area (Å²) in [5.74, 6) is 0. The third kappa shape index (κ3) is 2.90. The zero-order chi connectivity index (χ0) is 16.4. The number of aromatic nitrogens is 1. The largest absolute Gasteiger partial charge is 0.389 e. The Morgan fingerprint density at radius 3 is 2.48 bits per heavy atom. The number of nitrogens with zero attached hydrogens (tertiary/aromatic N) is 1. The summed E-state index contributed by atoms with van der Waals surface area (Å²) >= 11 is 0. The van der Waals surface area contributed by atoms with E-state index in [0.29, 0.717) is 6.54 Å². The average Bonchev–Trinajstić information content (AvgIpc) is 2.95. The molecular weight excluding hydrogens is 284 g/mol. The lowest BCUT2D eigenvalue weighted by atomic mass is 9.96. The molecule has 0 aliphatic rings. The Bertz CT molecular complexity index is 806. The van der Waals surface area contributed by atoms with Crippen LogP contribution in [-0.2, 0) is 0 Å². The Kier molecular flexibility index (Phi) is 4.51. The van der Waals surface area contributed by atoms with Crippen molar-refractivity contribution in [1.29, 1.82) is 0 Å². The summed E-state index contributed by atoms with van der Waals surface area (Å²) in [5, 5.41) is 15.1. The molecule has 3 nitrogen and oxygen atoms in total. The van der Waals surface area contributed by atoms with Gasteiger partial charge in [0.2, 0.25) is 0 Å². The van der Waals surface area contributed by atoms with Gasteiger partial charge in [0, 0.05) is 12.7 Å². The van der Waals surface area contributed by atoms with Gasteiger partial charge in [-0.25, -0.2) is 0 Å². The molecule has 0 unspecified atom stereocenters. The average molecular weight is 308 g/mol. The maximum Gasteiger partial charge on any atom is 0.0912 e. The Morgan fingerprint density at radius 2 is 1.74 bits per heavy atom. The van der Waals surface area contributed by atoms with E-state index in [1.165, 1.54) is 22.0 Å². The maximum atomic E-state index is 10.8. The molecule has 120 valence electrons. The van der Waals surface area contributed by atoms with Crippen LogP contribution < -0.4 is 5.32 Å². The van der Waals surface area contributed by atoms with Crippen molar-refractivity contribution >= 4 is 10.9 Å². The lowest BCUT2D eigenvalue weighted by molar-refractivity contribution is 0.132. The van der Waals surface area contributed by atoms with E-state index in [4.69, 9.17) is 0 Å². The minimum absolute atomic E-state index is 0.109. The topological polar surface area (TPSA) is 37.2 Å². The van der Waals surface area contributed by atoms with E-state index >= 15 is 0 Å².